The molecule has 2 aromatic carbocycles. The van der Waals surface area contributed by atoms with E-state index in [-0.39, 0.29) is 11.3 Å². The third-order valence-electron chi connectivity index (χ3n) is 2.70. The monoisotopic (exact) mass is 338 g/mol. The van der Waals surface area contributed by atoms with Crippen LogP contribution in [0.15, 0.2) is 42.5 Å². The molecule has 0 fully saturated rings. The predicted molar refractivity (Wildman–Crippen MR) is 86.2 cm³/mol. The second-order valence-electron chi connectivity index (χ2n) is 4.36. The molecule has 3 N–H and O–H groups in total. The van der Waals surface area contributed by atoms with Crippen molar-refractivity contribution >= 4 is 46.5 Å². The first-order valence-electron chi connectivity index (χ1n) is 6.23. The molecule has 114 valence electrons. The van der Waals surface area contributed by atoms with Crippen molar-refractivity contribution in [3.8, 4) is 0 Å². The summed E-state index contributed by atoms with van der Waals surface area (Å²) in [5.41, 5.74) is 6.56. The Bertz CT molecular complexity index is 702. The van der Waals surface area contributed by atoms with Crippen molar-refractivity contribution in [1.29, 1.82) is 0 Å². The van der Waals surface area contributed by atoms with E-state index in [0.29, 0.717) is 15.7 Å². The van der Waals surface area contributed by atoms with E-state index in [1.54, 1.807) is 30.3 Å². The Morgan fingerprint density at radius 1 is 1.05 bits per heavy atom. The van der Waals surface area contributed by atoms with E-state index >= 15 is 0 Å². The normalized spacial score (nSPS) is 10.1. The van der Waals surface area contributed by atoms with Gasteiger partial charge in [0.25, 0.3) is 5.91 Å². The maximum absolute atomic E-state index is 11.9. The summed E-state index contributed by atoms with van der Waals surface area (Å²) in [5, 5.41) is 3.48. The van der Waals surface area contributed by atoms with Crippen LogP contribution >= 0.6 is 23.2 Å². The number of hydrogen-bond acceptors (Lipinski definition) is 4. The number of benzene rings is 2. The van der Waals surface area contributed by atoms with Crippen LogP contribution in [0.2, 0.25) is 10.0 Å². The Kier molecular flexibility index (Phi) is 5.25. The molecule has 0 spiro atoms. The Morgan fingerprint density at radius 2 is 1.68 bits per heavy atom. The highest BCUT2D eigenvalue weighted by molar-refractivity contribution is 6.31. The average Bonchev–Trinajstić information content (AvgIpc) is 2.49. The number of carbonyl (C=O) groups is 2. The first-order chi connectivity index (χ1) is 10.5. The van der Waals surface area contributed by atoms with Gasteiger partial charge in [0.15, 0.2) is 6.61 Å². The number of anilines is 2. The molecule has 7 heteroatoms. The minimum atomic E-state index is -0.716. The number of nitrogens with one attached hydrogen (secondary N) is 1. The molecule has 22 heavy (non-hydrogen) atoms. The molecule has 1 amide bonds. The fourth-order valence-electron chi connectivity index (χ4n) is 1.64. The fraction of sp³-hybridized carbons (Fsp3) is 0.0667. The maximum atomic E-state index is 11.9. The highest BCUT2D eigenvalue weighted by Crippen LogP contribution is 2.19. The first-order valence-corrected chi connectivity index (χ1v) is 6.99. The standard InChI is InChI=1S/C15H12Cl2N2O3/c16-9-1-4-11(5-2-9)19-14(20)8-22-15(21)12-7-10(17)3-6-13(12)18/h1-7H,8,18H2,(H,19,20). The topological polar surface area (TPSA) is 81.4 Å². The van der Waals surface area contributed by atoms with Crippen LogP contribution in [0.3, 0.4) is 0 Å². The van der Waals surface area contributed by atoms with Crippen molar-refractivity contribution in [3.05, 3.63) is 58.1 Å². The number of hydrogen-bond donors (Lipinski definition) is 2. The van der Waals surface area contributed by atoms with Gasteiger partial charge in [-0.05, 0) is 42.5 Å². The van der Waals surface area contributed by atoms with Crippen molar-refractivity contribution in [2.75, 3.05) is 17.7 Å². The summed E-state index contributed by atoms with van der Waals surface area (Å²) in [6, 6.07) is 11.0. The van der Waals surface area contributed by atoms with Gasteiger partial charge >= 0.3 is 5.97 Å². The van der Waals surface area contributed by atoms with Crippen molar-refractivity contribution < 1.29 is 14.3 Å². The second-order valence-corrected chi connectivity index (χ2v) is 5.24. The molecule has 5 nitrogen and oxygen atoms in total. The quantitative estimate of drug-likeness (QED) is 0.661. The van der Waals surface area contributed by atoms with Gasteiger partial charge in [-0.15, -0.1) is 0 Å². The Morgan fingerprint density at radius 3 is 2.36 bits per heavy atom. The summed E-state index contributed by atoms with van der Waals surface area (Å²) in [6.07, 6.45) is 0. The summed E-state index contributed by atoms with van der Waals surface area (Å²) in [5.74, 6) is -1.19. The van der Waals surface area contributed by atoms with Crippen molar-refractivity contribution in [2.45, 2.75) is 0 Å². The number of rotatable bonds is 4. The maximum Gasteiger partial charge on any atom is 0.340 e. The summed E-state index contributed by atoms with van der Waals surface area (Å²) in [6.45, 7) is -0.437. The van der Waals surface area contributed by atoms with E-state index in [1.165, 1.54) is 12.1 Å². The third kappa shape index (κ3) is 4.38. The number of nitrogen functional groups attached to an aromatic ring is 1. The summed E-state index contributed by atoms with van der Waals surface area (Å²) in [7, 11) is 0. The molecule has 0 aliphatic rings. The molecule has 0 bridgehead atoms. The molecule has 0 atom stereocenters. The lowest BCUT2D eigenvalue weighted by Gasteiger charge is -2.08. The Balaban J connectivity index is 1.91. The molecule has 0 aliphatic carbocycles. The molecule has 2 rings (SSSR count). The lowest BCUT2D eigenvalue weighted by Crippen LogP contribution is -2.21. The van der Waals surface area contributed by atoms with Gasteiger partial charge in [0.1, 0.15) is 0 Å². The van der Waals surface area contributed by atoms with E-state index in [1.807, 2.05) is 0 Å². The Hall–Kier alpha value is -2.24. The number of ether oxygens (including phenoxy) is 1. The molecule has 2 aromatic rings. The van der Waals surface area contributed by atoms with Gasteiger partial charge in [0.2, 0.25) is 0 Å². The third-order valence-corrected chi connectivity index (χ3v) is 3.18. The van der Waals surface area contributed by atoms with E-state index in [2.05, 4.69) is 5.32 Å². The largest absolute Gasteiger partial charge is 0.452 e. The summed E-state index contributed by atoms with van der Waals surface area (Å²) >= 11 is 11.5. The first kappa shape index (κ1) is 16.1. The van der Waals surface area contributed by atoms with Crippen LogP contribution in [-0.4, -0.2) is 18.5 Å². The molecule has 0 saturated carbocycles. The molecule has 0 aromatic heterocycles. The minimum Gasteiger partial charge on any atom is -0.452 e. The number of amides is 1. The molecule has 0 unspecified atom stereocenters. The number of halogens is 2. The van der Waals surface area contributed by atoms with Crippen molar-refractivity contribution in [3.63, 3.8) is 0 Å². The SMILES string of the molecule is Nc1ccc(Cl)cc1C(=O)OCC(=O)Nc1ccc(Cl)cc1. The van der Waals surface area contributed by atoms with Crippen LogP contribution in [0.1, 0.15) is 10.4 Å². The van der Waals surface area contributed by atoms with Gasteiger partial charge in [-0.3, -0.25) is 4.79 Å². The van der Waals surface area contributed by atoms with E-state index < -0.39 is 18.5 Å². The zero-order chi connectivity index (χ0) is 16.1. The molecule has 0 radical (unpaired) electrons. The highest BCUT2D eigenvalue weighted by Gasteiger charge is 2.14. The van der Waals surface area contributed by atoms with Crippen LogP contribution in [-0.2, 0) is 9.53 Å². The van der Waals surface area contributed by atoms with E-state index in [4.69, 9.17) is 33.7 Å². The van der Waals surface area contributed by atoms with Gasteiger partial charge in [0, 0.05) is 21.4 Å². The zero-order valence-corrected chi connectivity index (χ0v) is 12.8. The average molecular weight is 339 g/mol. The second kappa shape index (κ2) is 7.15. The number of esters is 1. The van der Waals surface area contributed by atoms with Crippen LogP contribution in [0, 0.1) is 0 Å². The van der Waals surface area contributed by atoms with Crippen LogP contribution < -0.4 is 11.1 Å². The minimum absolute atomic E-state index is 0.117. The van der Waals surface area contributed by atoms with Crippen LogP contribution in [0.5, 0.6) is 0 Å². The highest BCUT2D eigenvalue weighted by atomic mass is 35.5. The van der Waals surface area contributed by atoms with Gasteiger partial charge in [0.05, 0.1) is 5.56 Å². The molecular weight excluding hydrogens is 327 g/mol. The predicted octanol–water partition coefficient (Wildman–Crippen LogP) is 3.37. The van der Waals surface area contributed by atoms with Crippen LogP contribution in [0.25, 0.3) is 0 Å². The lowest BCUT2D eigenvalue weighted by atomic mass is 10.2. The van der Waals surface area contributed by atoms with Gasteiger partial charge in [-0.2, -0.15) is 0 Å². The Labute approximate surface area is 137 Å². The van der Waals surface area contributed by atoms with Crippen molar-refractivity contribution in [1.82, 2.24) is 0 Å². The molecule has 0 heterocycles. The lowest BCUT2D eigenvalue weighted by molar-refractivity contribution is -0.119. The number of carbonyl (C=O) groups excluding carboxylic acids is 2. The zero-order valence-electron chi connectivity index (χ0n) is 11.3. The molecule has 0 saturated heterocycles. The van der Waals surface area contributed by atoms with Gasteiger partial charge < -0.3 is 15.8 Å². The van der Waals surface area contributed by atoms with Gasteiger partial charge in [-0.1, -0.05) is 23.2 Å². The van der Waals surface area contributed by atoms with Gasteiger partial charge in [-0.25, -0.2) is 4.79 Å². The van der Waals surface area contributed by atoms with Crippen molar-refractivity contribution in [2.24, 2.45) is 0 Å². The fourth-order valence-corrected chi connectivity index (χ4v) is 1.94. The van der Waals surface area contributed by atoms with E-state index in [0.717, 1.165) is 0 Å². The number of nitrogens with two attached hydrogens (primary N) is 1. The summed E-state index contributed by atoms with van der Waals surface area (Å²) < 4.78 is 4.91. The smallest absolute Gasteiger partial charge is 0.340 e. The van der Waals surface area contributed by atoms with E-state index in [9.17, 15) is 9.59 Å². The van der Waals surface area contributed by atoms with Crippen LogP contribution in [0.4, 0.5) is 11.4 Å². The molecule has 0 aliphatic heterocycles. The summed E-state index contributed by atoms with van der Waals surface area (Å²) in [4.78, 5) is 23.6. The molecular formula is C15H12Cl2N2O3.